The highest BCUT2D eigenvalue weighted by atomic mass is 16.7. The van der Waals surface area contributed by atoms with Gasteiger partial charge in [-0.3, -0.25) is 4.57 Å². The van der Waals surface area contributed by atoms with Crippen molar-refractivity contribution in [1.82, 2.24) is 9.55 Å². The van der Waals surface area contributed by atoms with Gasteiger partial charge in [0.05, 0.1) is 6.10 Å². The zero-order valence-corrected chi connectivity index (χ0v) is 10.00. The minimum absolute atomic E-state index is 0.111. The van der Waals surface area contributed by atoms with Crippen molar-refractivity contribution in [3.8, 4) is 0 Å². The predicted molar refractivity (Wildman–Crippen MR) is 62.3 cm³/mol. The highest BCUT2D eigenvalue weighted by Crippen LogP contribution is 2.28. The van der Waals surface area contributed by atoms with Crippen LogP contribution >= 0.6 is 0 Å². The van der Waals surface area contributed by atoms with E-state index in [4.69, 9.17) is 15.2 Å². The van der Waals surface area contributed by atoms with E-state index in [9.17, 15) is 4.79 Å². The summed E-state index contributed by atoms with van der Waals surface area (Å²) in [5, 5.41) is 0. The van der Waals surface area contributed by atoms with Crippen molar-refractivity contribution >= 4 is 5.82 Å². The van der Waals surface area contributed by atoms with Crippen molar-refractivity contribution < 1.29 is 9.47 Å². The van der Waals surface area contributed by atoms with Crippen molar-refractivity contribution in [1.29, 1.82) is 0 Å². The van der Waals surface area contributed by atoms with Gasteiger partial charge in [0, 0.05) is 12.6 Å². The number of hydrogen-bond donors (Lipinski definition) is 1. The van der Waals surface area contributed by atoms with Crippen LogP contribution in [0.4, 0.5) is 5.82 Å². The molecule has 2 N–H and O–H groups in total. The molecule has 0 aromatic carbocycles. The van der Waals surface area contributed by atoms with Crippen LogP contribution in [0.15, 0.2) is 17.1 Å². The lowest BCUT2D eigenvalue weighted by molar-refractivity contribution is -0.168. The van der Waals surface area contributed by atoms with Crippen LogP contribution < -0.4 is 11.4 Å². The van der Waals surface area contributed by atoms with E-state index in [0.717, 1.165) is 12.8 Å². The van der Waals surface area contributed by atoms with Crippen molar-refractivity contribution in [2.45, 2.75) is 45.3 Å². The van der Waals surface area contributed by atoms with Crippen LogP contribution in [-0.4, -0.2) is 21.9 Å². The first-order valence-corrected chi connectivity index (χ1v) is 5.72. The highest BCUT2D eigenvalue weighted by molar-refractivity contribution is 5.23. The number of anilines is 1. The van der Waals surface area contributed by atoms with E-state index in [1.54, 1.807) is 12.3 Å². The molecule has 1 aliphatic rings. The molecule has 0 aliphatic carbocycles. The van der Waals surface area contributed by atoms with Crippen LogP contribution in [0.3, 0.4) is 0 Å². The van der Waals surface area contributed by atoms with Crippen LogP contribution in [0.2, 0.25) is 0 Å². The Bertz CT molecular complexity index is 444. The lowest BCUT2D eigenvalue weighted by atomic mass is 10.3. The molecule has 17 heavy (non-hydrogen) atoms. The number of ether oxygens (including phenoxy) is 2. The van der Waals surface area contributed by atoms with Gasteiger partial charge in [0.1, 0.15) is 12.0 Å². The van der Waals surface area contributed by atoms with Crippen LogP contribution in [0.25, 0.3) is 0 Å². The molecule has 1 aliphatic heterocycles. The molecule has 1 fully saturated rings. The largest absolute Gasteiger partial charge is 0.383 e. The highest BCUT2D eigenvalue weighted by Gasteiger charge is 2.28. The fourth-order valence-electron chi connectivity index (χ4n) is 1.84. The molecule has 6 nitrogen and oxygen atoms in total. The van der Waals surface area contributed by atoms with Gasteiger partial charge < -0.3 is 15.2 Å². The normalized spacial score (nSPS) is 24.4. The topological polar surface area (TPSA) is 79.4 Å². The minimum atomic E-state index is -0.389. The SMILES string of the molecule is CC(C)OC1CCC(n2ccc(N)nc2=O)O1. The maximum absolute atomic E-state index is 11.6. The smallest absolute Gasteiger partial charge is 0.351 e. The average molecular weight is 239 g/mol. The summed E-state index contributed by atoms with van der Waals surface area (Å²) in [6.07, 6.45) is 2.68. The third-order valence-electron chi connectivity index (χ3n) is 2.54. The molecule has 1 saturated heterocycles. The molecule has 0 spiro atoms. The first-order chi connectivity index (χ1) is 8.06. The Morgan fingerprint density at radius 1 is 1.59 bits per heavy atom. The fraction of sp³-hybridized carbons (Fsp3) is 0.636. The molecule has 1 aromatic heterocycles. The molecule has 2 unspecified atom stereocenters. The molecule has 2 atom stereocenters. The molecule has 94 valence electrons. The summed E-state index contributed by atoms with van der Waals surface area (Å²) in [6.45, 7) is 3.90. The molecule has 0 radical (unpaired) electrons. The molecular formula is C11H17N3O3. The molecule has 1 aromatic rings. The Kier molecular flexibility index (Phi) is 3.44. The second-order valence-corrected chi connectivity index (χ2v) is 4.32. The van der Waals surface area contributed by atoms with Crippen LogP contribution in [0, 0.1) is 0 Å². The van der Waals surface area contributed by atoms with E-state index in [1.807, 2.05) is 13.8 Å². The molecular weight excluding hydrogens is 222 g/mol. The van der Waals surface area contributed by atoms with Gasteiger partial charge in [-0.25, -0.2) is 4.79 Å². The number of nitrogens with two attached hydrogens (primary N) is 1. The molecule has 6 heteroatoms. The van der Waals surface area contributed by atoms with Gasteiger partial charge in [-0.1, -0.05) is 0 Å². The van der Waals surface area contributed by atoms with Gasteiger partial charge >= 0.3 is 5.69 Å². The number of rotatable bonds is 3. The number of nitrogens with zero attached hydrogens (tertiary/aromatic N) is 2. The summed E-state index contributed by atoms with van der Waals surface area (Å²) < 4.78 is 12.6. The Labute approximate surface area is 99.4 Å². The quantitative estimate of drug-likeness (QED) is 0.847. The summed E-state index contributed by atoms with van der Waals surface area (Å²) in [6, 6.07) is 1.58. The number of nitrogen functional groups attached to an aromatic ring is 1. The first kappa shape index (κ1) is 12.1. The Balaban J connectivity index is 2.07. The summed E-state index contributed by atoms with van der Waals surface area (Å²) >= 11 is 0. The molecule has 2 rings (SSSR count). The van der Waals surface area contributed by atoms with Crippen molar-refractivity contribution in [3.63, 3.8) is 0 Å². The number of aromatic nitrogens is 2. The summed E-state index contributed by atoms with van der Waals surface area (Å²) in [5.41, 5.74) is 5.04. The van der Waals surface area contributed by atoms with Crippen LogP contribution in [-0.2, 0) is 9.47 Å². The van der Waals surface area contributed by atoms with Crippen molar-refractivity contribution in [2.24, 2.45) is 0 Å². The maximum atomic E-state index is 11.6. The van der Waals surface area contributed by atoms with Gasteiger partial charge in [-0.2, -0.15) is 4.98 Å². The zero-order chi connectivity index (χ0) is 12.4. The van der Waals surface area contributed by atoms with Gasteiger partial charge in [-0.05, 0) is 26.3 Å². The van der Waals surface area contributed by atoms with Gasteiger partial charge in [0.25, 0.3) is 0 Å². The van der Waals surface area contributed by atoms with E-state index in [-0.39, 0.29) is 30.1 Å². The van der Waals surface area contributed by atoms with Gasteiger partial charge in [0.2, 0.25) is 0 Å². The van der Waals surface area contributed by atoms with E-state index in [2.05, 4.69) is 4.98 Å². The standard InChI is InChI=1S/C11H17N3O3/c1-7(2)16-10-4-3-9(17-10)14-6-5-8(12)13-11(14)15/h5-7,9-10H,3-4H2,1-2H3,(H2,12,13,15). The fourth-order valence-corrected chi connectivity index (χ4v) is 1.84. The maximum Gasteiger partial charge on any atom is 0.351 e. The molecule has 2 heterocycles. The van der Waals surface area contributed by atoms with Crippen LogP contribution in [0.5, 0.6) is 0 Å². The van der Waals surface area contributed by atoms with Gasteiger partial charge in [0.15, 0.2) is 6.29 Å². The first-order valence-electron chi connectivity index (χ1n) is 5.72. The van der Waals surface area contributed by atoms with E-state index in [0.29, 0.717) is 0 Å². The predicted octanol–water partition coefficient (Wildman–Crippen LogP) is 0.886. The number of hydrogen-bond acceptors (Lipinski definition) is 5. The Hall–Kier alpha value is -1.40. The lowest BCUT2D eigenvalue weighted by Gasteiger charge is -2.17. The monoisotopic (exact) mass is 239 g/mol. The summed E-state index contributed by atoms with van der Waals surface area (Å²) in [7, 11) is 0. The lowest BCUT2D eigenvalue weighted by Crippen LogP contribution is -2.28. The zero-order valence-electron chi connectivity index (χ0n) is 10.00. The van der Waals surface area contributed by atoms with Crippen molar-refractivity contribution in [2.75, 3.05) is 5.73 Å². The second kappa shape index (κ2) is 4.85. The third-order valence-corrected chi connectivity index (χ3v) is 2.54. The summed E-state index contributed by atoms with van der Waals surface area (Å²) in [4.78, 5) is 15.3. The minimum Gasteiger partial charge on any atom is -0.383 e. The Morgan fingerprint density at radius 2 is 2.35 bits per heavy atom. The molecule has 0 bridgehead atoms. The van der Waals surface area contributed by atoms with E-state index in [1.165, 1.54) is 4.57 Å². The molecule has 0 amide bonds. The third kappa shape index (κ3) is 2.83. The van der Waals surface area contributed by atoms with E-state index >= 15 is 0 Å². The molecule has 0 saturated carbocycles. The Morgan fingerprint density at radius 3 is 3.00 bits per heavy atom. The average Bonchev–Trinajstić information content (AvgIpc) is 2.65. The van der Waals surface area contributed by atoms with Gasteiger partial charge in [-0.15, -0.1) is 0 Å². The second-order valence-electron chi connectivity index (χ2n) is 4.32. The van der Waals surface area contributed by atoms with E-state index < -0.39 is 0 Å². The van der Waals surface area contributed by atoms with Crippen LogP contribution in [0.1, 0.15) is 32.9 Å². The van der Waals surface area contributed by atoms with Crippen molar-refractivity contribution in [3.05, 3.63) is 22.7 Å². The summed E-state index contributed by atoms with van der Waals surface area (Å²) in [5.74, 6) is 0.222.